The third kappa shape index (κ3) is 8.21. The van der Waals surface area contributed by atoms with Crippen LogP contribution in [0.1, 0.15) is 85.5 Å². The van der Waals surface area contributed by atoms with Gasteiger partial charge in [0.05, 0.1) is 30.8 Å². The van der Waals surface area contributed by atoms with Gasteiger partial charge in [0.1, 0.15) is 24.4 Å². The lowest BCUT2D eigenvalue weighted by Crippen LogP contribution is -2.59. The Balaban J connectivity index is 1.21. The van der Waals surface area contributed by atoms with E-state index in [-0.39, 0.29) is 103 Å². The molecule has 0 amide bonds. The maximum absolute atomic E-state index is 14.6. The largest absolute Gasteiger partial charge is 0.462 e. The highest BCUT2D eigenvalue weighted by Crippen LogP contribution is 2.54. The normalized spacial score (nSPS) is 46.3. The SMILES string of the molecule is CC[C@H]1CCC[C@H](OC2CC[C@H](NC)[C@H](C)O2)[C@@H](C)C(=O)C2=C[C@@H]3[C@@H](C=C[C@@H]4C[C@@H](O[C@@H]5O[C@@H](C)[C@H](OC)[C@@H](OC)[C@H]5OC)C[C@@H]34)[C@@H]2CC(=O)O1. The molecule has 6 rings (SSSR count). The number of allylic oxidation sites excluding steroid dienone is 4. The molecule has 0 aromatic carbocycles. The maximum atomic E-state index is 14.6. The zero-order chi connectivity index (χ0) is 36.4. The summed E-state index contributed by atoms with van der Waals surface area (Å²) in [7, 11) is 6.93. The first-order valence-electron chi connectivity index (χ1n) is 19.6. The van der Waals surface area contributed by atoms with E-state index in [4.69, 9.17) is 37.9 Å². The molecule has 0 radical (unpaired) electrons. The third-order valence-electron chi connectivity index (χ3n) is 13.0. The van der Waals surface area contributed by atoms with Crippen LogP contribution < -0.4 is 5.32 Å². The summed E-state index contributed by atoms with van der Waals surface area (Å²) < 4.78 is 49.4. The Bertz CT molecular complexity index is 1260. The van der Waals surface area contributed by atoms with Gasteiger partial charge >= 0.3 is 5.97 Å². The molecule has 0 aromatic heterocycles. The molecule has 1 N–H and O–H groups in total. The standard InChI is InChI=1S/C40H63NO10/c1-9-25-11-10-12-33(51-35-16-15-32(41-5)22(3)47-35)21(2)36(43)31-19-29-27(30(31)20-34(42)49-25)14-13-24-17-26(18-28(24)29)50-40-39(46-8)38(45-7)37(44-6)23(4)48-40/h13-14,19,21-30,32-33,35,37-41H,9-12,15-18,20H2,1-8H3/t21-,22+,23+,24-,25+,26-,27-,28-,29-,30+,32+,33+,35?,37+,38-,39-,40+/m1/s1. The fraction of sp³-hybridized carbons (Fsp3) is 0.850. The van der Waals surface area contributed by atoms with Crippen LogP contribution >= 0.6 is 0 Å². The Hall–Kier alpha value is -1.70. The van der Waals surface area contributed by atoms with E-state index >= 15 is 0 Å². The smallest absolute Gasteiger partial charge is 0.306 e. The zero-order valence-electron chi connectivity index (χ0n) is 32.0. The Morgan fingerprint density at radius 3 is 2.29 bits per heavy atom. The number of ether oxygens (including phenoxy) is 8. The number of hydrogen-bond donors (Lipinski definition) is 1. The van der Waals surface area contributed by atoms with Gasteiger partial charge in [0.15, 0.2) is 18.4 Å². The molecular weight excluding hydrogens is 654 g/mol. The minimum Gasteiger partial charge on any atom is -0.462 e. The molecular formula is C40H63NO10. The average molecular weight is 718 g/mol. The van der Waals surface area contributed by atoms with Crippen LogP contribution in [0.15, 0.2) is 23.8 Å². The van der Waals surface area contributed by atoms with Crippen LogP contribution in [-0.2, 0) is 47.5 Å². The van der Waals surface area contributed by atoms with E-state index in [1.807, 2.05) is 20.9 Å². The molecule has 0 spiro atoms. The zero-order valence-corrected chi connectivity index (χ0v) is 32.0. The lowest BCUT2D eigenvalue weighted by atomic mass is 9.70. The molecule has 51 heavy (non-hydrogen) atoms. The molecule has 3 saturated heterocycles. The number of Topliss-reactive ketones (excluding diaryl/α,β-unsaturated/α-hetero) is 1. The van der Waals surface area contributed by atoms with Gasteiger partial charge in [-0.05, 0) is 102 Å². The Morgan fingerprint density at radius 2 is 1.61 bits per heavy atom. The highest BCUT2D eigenvalue weighted by Gasteiger charge is 2.52. The molecule has 288 valence electrons. The third-order valence-corrected chi connectivity index (χ3v) is 13.0. The average Bonchev–Trinajstić information content (AvgIpc) is 3.70. The molecule has 11 heteroatoms. The molecule has 1 unspecified atom stereocenters. The minimum absolute atomic E-state index is 0.0241. The summed E-state index contributed by atoms with van der Waals surface area (Å²) in [6.45, 7) is 8.12. The van der Waals surface area contributed by atoms with Crippen molar-refractivity contribution in [1.82, 2.24) is 5.32 Å². The minimum atomic E-state index is -0.593. The number of carbonyl (C=O) groups excluding carboxylic acids is 2. The molecule has 6 aliphatic rings. The van der Waals surface area contributed by atoms with Crippen LogP contribution in [0.25, 0.3) is 0 Å². The molecule has 0 aromatic rings. The Morgan fingerprint density at radius 1 is 0.843 bits per heavy atom. The van der Waals surface area contributed by atoms with Crippen molar-refractivity contribution in [3.05, 3.63) is 23.8 Å². The highest BCUT2D eigenvalue weighted by molar-refractivity contribution is 5.99. The first-order valence-corrected chi connectivity index (χ1v) is 19.6. The van der Waals surface area contributed by atoms with Gasteiger partial charge in [-0.3, -0.25) is 9.59 Å². The summed E-state index contributed by atoms with van der Waals surface area (Å²) in [5.74, 6) is 0.0185. The lowest BCUT2D eigenvalue weighted by molar-refractivity contribution is -0.314. The van der Waals surface area contributed by atoms with E-state index in [9.17, 15) is 9.59 Å². The van der Waals surface area contributed by atoms with Crippen LogP contribution in [0.2, 0.25) is 0 Å². The summed E-state index contributed by atoms with van der Waals surface area (Å²) in [6.07, 6.45) is 10.8. The number of likely N-dealkylation sites (N-methyl/N-ethyl adjacent to an activating group) is 1. The summed E-state index contributed by atoms with van der Waals surface area (Å²) in [5.41, 5.74) is 0.761. The topological polar surface area (TPSA) is 120 Å². The number of hydrogen-bond acceptors (Lipinski definition) is 11. The number of ketones is 1. The molecule has 3 aliphatic heterocycles. The van der Waals surface area contributed by atoms with Crippen molar-refractivity contribution in [2.24, 2.45) is 35.5 Å². The van der Waals surface area contributed by atoms with E-state index in [2.05, 4.69) is 37.4 Å². The first-order chi connectivity index (χ1) is 24.6. The molecule has 0 bridgehead atoms. The second kappa shape index (κ2) is 17.2. The number of rotatable bonds is 9. The number of esters is 1. The molecule has 3 heterocycles. The fourth-order valence-electron chi connectivity index (χ4n) is 10.1. The van der Waals surface area contributed by atoms with Crippen LogP contribution in [0.3, 0.4) is 0 Å². The molecule has 17 atom stereocenters. The van der Waals surface area contributed by atoms with Crippen molar-refractivity contribution in [2.45, 2.75) is 153 Å². The van der Waals surface area contributed by atoms with Crippen molar-refractivity contribution in [1.29, 1.82) is 0 Å². The highest BCUT2D eigenvalue weighted by atomic mass is 16.7. The quantitative estimate of drug-likeness (QED) is 0.252. The van der Waals surface area contributed by atoms with Crippen molar-refractivity contribution >= 4 is 11.8 Å². The van der Waals surface area contributed by atoms with E-state index < -0.39 is 12.4 Å². The summed E-state index contributed by atoms with van der Waals surface area (Å²) >= 11 is 0. The lowest BCUT2D eigenvalue weighted by Gasteiger charge is -2.44. The number of fused-ring (bicyclic) bond motifs is 5. The maximum Gasteiger partial charge on any atom is 0.306 e. The Kier molecular flexibility index (Phi) is 13.1. The summed E-state index contributed by atoms with van der Waals surface area (Å²) in [6, 6.07) is 0.288. The van der Waals surface area contributed by atoms with Gasteiger partial charge in [-0.25, -0.2) is 0 Å². The predicted octanol–water partition coefficient (Wildman–Crippen LogP) is 5.15. The molecule has 3 aliphatic carbocycles. The molecule has 1 saturated carbocycles. The number of cyclic esters (lactones) is 1. The number of carbonyl (C=O) groups is 2. The molecule has 11 nitrogen and oxygen atoms in total. The van der Waals surface area contributed by atoms with Gasteiger partial charge in [-0.2, -0.15) is 0 Å². The van der Waals surface area contributed by atoms with Crippen LogP contribution in [0.4, 0.5) is 0 Å². The van der Waals surface area contributed by atoms with Crippen molar-refractivity contribution in [3.8, 4) is 0 Å². The fourth-order valence-corrected chi connectivity index (χ4v) is 10.1. The number of methoxy groups -OCH3 is 3. The summed E-state index contributed by atoms with van der Waals surface area (Å²) in [4.78, 5) is 28.1. The van der Waals surface area contributed by atoms with E-state index in [1.165, 1.54) is 0 Å². The van der Waals surface area contributed by atoms with E-state index in [0.29, 0.717) is 12.3 Å². The van der Waals surface area contributed by atoms with Gasteiger partial charge in [-0.15, -0.1) is 0 Å². The van der Waals surface area contributed by atoms with Gasteiger partial charge < -0.3 is 43.2 Å². The predicted molar refractivity (Wildman–Crippen MR) is 190 cm³/mol. The monoisotopic (exact) mass is 717 g/mol. The number of nitrogens with one attached hydrogen (secondary N) is 1. The first kappa shape index (κ1) is 39.0. The van der Waals surface area contributed by atoms with Crippen molar-refractivity contribution < 1.29 is 47.5 Å². The van der Waals surface area contributed by atoms with Gasteiger partial charge in [-0.1, -0.05) is 32.1 Å². The van der Waals surface area contributed by atoms with Crippen LogP contribution in [-0.4, -0.2) is 108 Å². The van der Waals surface area contributed by atoms with Gasteiger partial charge in [0.25, 0.3) is 0 Å². The second-order valence-electron chi connectivity index (χ2n) is 15.9. The van der Waals surface area contributed by atoms with E-state index in [0.717, 1.165) is 50.5 Å². The van der Waals surface area contributed by atoms with Crippen molar-refractivity contribution in [3.63, 3.8) is 0 Å². The van der Waals surface area contributed by atoms with Crippen molar-refractivity contribution in [2.75, 3.05) is 28.4 Å². The van der Waals surface area contributed by atoms with Gasteiger partial charge in [0, 0.05) is 39.2 Å². The van der Waals surface area contributed by atoms with Crippen LogP contribution in [0.5, 0.6) is 0 Å². The van der Waals surface area contributed by atoms with Crippen LogP contribution in [0, 0.1) is 35.5 Å². The second-order valence-corrected chi connectivity index (χ2v) is 15.9. The summed E-state index contributed by atoms with van der Waals surface area (Å²) in [5, 5.41) is 3.34. The molecule has 4 fully saturated rings. The Labute approximate surface area is 304 Å². The van der Waals surface area contributed by atoms with Gasteiger partial charge in [0.2, 0.25) is 0 Å². The van der Waals surface area contributed by atoms with E-state index in [1.54, 1.807) is 21.3 Å².